The minimum Gasteiger partial charge on any atom is -0.346 e. The van der Waals surface area contributed by atoms with Gasteiger partial charge in [-0.05, 0) is 19.1 Å². The molecule has 1 N–H and O–H groups in total. The number of hydrogen-bond donors (Lipinski definition) is 1. The third-order valence-corrected chi connectivity index (χ3v) is 1.66. The first kappa shape index (κ1) is 6.34. The Hall–Kier alpha value is -1.38. The van der Waals surface area contributed by atoms with Gasteiger partial charge in [0.25, 0.3) is 0 Å². The van der Waals surface area contributed by atoms with E-state index in [1.165, 1.54) is 6.07 Å². The zero-order valence-corrected chi connectivity index (χ0v) is 6.06. The van der Waals surface area contributed by atoms with Crippen LogP contribution in [0.15, 0.2) is 18.3 Å². The summed E-state index contributed by atoms with van der Waals surface area (Å²) in [6.45, 7) is 1.65. The molecule has 0 aromatic carbocycles. The lowest BCUT2D eigenvalue weighted by atomic mass is 10.3. The van der Waals surface area contributed by atoms with Crippen LogP contribution in [0, 0.1) is 12.7 Å². The Balaban J connectivity index is 2.86. The van der Waals surface area contributed by atoms with Crippen LogP contribution in [-0.4, -0.2) is 9.97 Å². The zero-order chi connectivity index (χ0) is 7.84. The van der Waals surface area contributed by atoms with Gasteiger partial charge in [0, 0.05) is 11.6 Å². The number of nitrogens with zero attached hydrogens (tertiary/aromatic N) is 1. The highest BCUT2D eigenvalue weighted by molar-refractivity contribution is 5.75. The molecule has 3 heteroatoms. The molecule has 11 heavy (non-hydrogen) atoms. The van der Waals surface area contributed by atoms with Crippen molar-refractivity contribution in [1.82, 2.24) is 9.97 Å². The molecule has 0 saturated heterocycles. The summed E-state index contributed by atoms with van der Waals surface area (Å²) >= 11 is 0. The second-order valence-electron chi connectivity index (χ2n) is 2.47. The molecule has 2 aromatic rings. The number of aryl methyl sites for hydroxylation is 1. The first-order valence-corrected chi connectivity index (χ1v) is 3.37. The van der Waals surface area contributed by atoms with E-state index >= 15 is 0 Å². The van der Waals surface area contributed by atoms with Crippen LogP contribution < -0.4 is 0 Å². The number of rotatable bonds is 0. The minimum absolute atomic E-state index is 0.253. The second-order valence-corrected chi connectivity index (χ2v) is 2.47. The molecule has 0 aliphatic carbocycles. The Morgan fingerprint density at radius 1 is 1.55 bits per heavy atom. The van der Waals surface area contributed by atoms with E-state index in [1.54, 1.807) is 19.2 Å². The van der Waals surface area contributed by atoms with Crippen LogP contribution in [-0.2, 0) is 0 Å². The molecule has 0 unspecified atom stereocenters. The molecule has 0 saturated carbocycles. The molecule has 0 fully saturated rings. The third kappa shape index (κ3) is 0.888. The molecule has 2 heterocycles. The number of pyridine rings is 1. The molecular formula is C8H7FN2. The van der Waals surface area contributed by atoms with Gasteiger partial charge in [-0.3, -0.25) is 0 Å². The maximum Gasteiger partial charge on any atom is 0.145 e. The standard InChI is InChI=1S/C8H7FN2/c1-5-7(9)4-6-2-3-10-8(6)11-5/h2-4H,1H3,(H,10,11). The van der Waals surface area contributed by atoms with Gasteiger partial charge in [-0.1, -0.05) is 0 Å². The number of hydrogen-bond acceptors (Lipinski definition) is 1. The van der Waals surface area contributed by atoms with E-state index in [0.717, 1.165) is 11.0 Å². The van der Waals surface area contributed by atoms with Gasteiger partial charge in [0.2, 0.25) is 0 Å². The fraction of sp³-hybridized carbons (Fsp3) is 0.125. The molecule has 2 aromatic heterocycles. The molecule has 2 nitrogen and oxygen atoms in total. The Morgan fingerprint density at radius 2 is 2.36 bits per heavy atom. The molecule has 56 valence electrons. The molecule has 0 radical (unpaired) electrons. The largest absolute Gasteiger partial charge is 0.346 e. The summed E-state index contributed by atoms with van der Waals surface area (Å²) < 4.78 is 12.8. The van der Waals surface area contributed by atoms with E-state index in [0.29, 0.717) is 5.69 Å². The number of halogens is 1. The van der Waals surface area contributed by atoms with Crippen LogP contribution in [0.1, 0.15) is 5.69 Å². The fourth-order valence-electron chi connectivity index (χ4n) is 1.05. The Labute approximate surface area is 63.1 Å². The average Bonchev–Trinajstić information content (AvgIpc) is 2.36. The van der Waals surface area contributed by atoms with E-state index in [9.17, 15) is 4.39 Å². The maximum atomic E-state index is 12.8. The van der Waals surface area contributed by atoms with Gasteiger partial charge in [-0.25, -0.2) is 9.37 Å². The van der Waals surface area contributed by atoms with Crippen molar-refractivity contribution >= 4 is 11.0 Å². The number of fused-ring (bicyclic) bond motifs is 1. The summed E-state index contributed by atoms with van der Waals surface area (Å²) in [6.07, 6.45) is 1.75. The molecule has 0 bridgehead atoms. The average molecular weight is 150 g/mol. The third-order valence-electron chi connectivity index (χ3n) is 1.66. The summed E-state index contributed by atoms with van der Waals surface area (Å²) in [5.74, 6) is -0.253. The van der Waals surface area contributed by atoms with Crippen molar-refractivity contribution in [2.24, 2.45) is 0 Å². The highest BCUT2D eigenvalue weighted by atomic mass is 19.1. The lowest BCUT2D eigenvalue weighted by Crippen LogP contribution is -1.87. The number of aromatic nitrogens is 2. The van der Waals surface area contributed by atoms with E-state index in [1.807, 2.05) is 0 Å². The molecule has 0 spiro atoms. The molecule has 0 aliphatic heterocycles. The summed E-state index contributed by atoms with van der Waals surface area (Å²) in [4.78, 5) is 6.91. The smallest absolute Gasteiger partial charge is 0.145 e. The normalized spacial score (nSPS) is 10.7. The van der Waals surface area contributed by atoms with Crippen molar-refractivity contribution in [3.05, 3.63) is 29.8 Å². The highest BCUT2D eigenvalue weighted by Gasteiger charge is 2.01. The molecular weight excluding hydrogens is 143 g/mol. The van der Waals surface area contributed by atoms with Crippen molar-refractivity contribution in [2.75, 3.05) is 0 Å². The van der Waals surface area contributed by atoms with Gasteiger partial charge >= 0.3 is 0 Å². The van der Waals surface area contributed by atoms with Crippen LogP contribution in [0.2, 0.25) is 0 Å². The summed E-state index contributed by atoms with van der Waals surface area (Å²) in [5, 5.41) is 0.813. The van der Waals surface area contributed by atoms with Crippen molar-refractivity contribution in [2.45, 2.75) is 6.92 Å². The fourth-order valence-corrected chi connectivity index (χ4v) is 1.05. The Kier molecular flexibility index (Phi) is 1.18. The van der Waals surface area contributed by atoms with Crippen LogP contribution in [0.3, 0.4) is 0 Å². The molecule has 2 rings (SSSR count). The second kappa shape index (κ2) is 2.05. The number of nitrogens with one attached hydrogen (secondary N) is 1. The van der Waals surface area contributed by atoms with Crippen molar-refractivity contribution in [3.8, 4) is 0 Å². The zero-order valence-electron chi connectivity index (χ0n) is 6.06. The van der Waals surface area contributed by atoms with Gasteiger partial charge < -0.3 is 4.98 Å². The van der Waals surface area contributed by atoms with Crippen LogP contribution in [0.25, 0.3) is 11.0 Å². The van der Waals surface area contributed by atoms with E-state index in [2.05, 4.69) is 9.97 Å². The molecule has 0 atom stereocenters. The summed E-state index contributed by atoms with van der Waals surface area (Å²) in [5.41, 5.74) is 1.17. The summed E-state index contributed by atoms with van der Waals surface area (Å²) in [6, 6.07) is 3.28. The topological polar surface area (TPSA) is 28.7 Å². The highest BCUT2D eigenvalue weighted by Crippen LogP contribution is 2.12. The van der Waals surface area contributed by atoms with Crippen LogP contribution in [0.4, 0.5) is 4.39 Å². The van der Waals surface area contributed by atoms with Crippen molar-refractivity contribution < 1.29 is 4.39 Å². The van der Waals surface area contributed by atoms with Gasteiger partial charge in [0.15, 0.2) is 0 Å². The van der Waals surface area contributed by atoms with E-state index in [-0.39, 0.29) is 5.82 Å². The van der Waals surface area contributed by atoms with Crippen LogP contribution >= 0.6 is 0 Å². The Morgan fingerprint density at radius 3 is 3.18 bits per heavy atom. The van der Waals surface area contributed by atoms with Crippen LogP contribution in [0.5, 0.6) is 0 Å². The summed E-state index contributed by atoms with van der Waals surface area (Å²) in [7, 11) is 0. The van der Waals surface area contributed by atoms with E-state index in [4.69, 9.17) is 0 Å². The van der Waals surface area contributed by atoms with Crippen molar-refractivity contribution in [1.29, 1.82) is 0 Å². The van der Waals surface area contributed by atoms with E-state index < -0.39 is 0 Å². The van der Waals surface area contributed by atoms with Gasteiger partial charge in [0.05, 0.1) is 5.69 Å². The number of aromatic amines is 1. The maximum absolute atomic E-state index is 12.8. The Bertz CT molecular complexity index is 356. The molecule has 0 aliphatic rings. The lowest BCUT2D eigenvalue weighted by molar-refractivity contribution is 0.613. The monoisotopic (exact) mass is 150 g/mol. The number of H-pyrrole nitrogens is 1. The minimum atomic E-state index is -0.253. The van der Waals surface area contributed by atoms with Gasteiger partial charge in [-0.15, -0.1) is 0 Å². The first-order chi connectivity index (χ1) is 5.27. The van der Waals surface area contributed by atoms with Gasteiger partial charge in [0.1, 0.15) is 11.5 Å². The quantitative estimate of drug-likeness (QED) is 0.611. The predicted octanol–water partition coefficient (Wildman–Crippen LogP) is 2.01. The first-order valence-electron chi connectivity index (χ1n) is 3.37. The lowest BCUT2D eigenvalue weighted by Gasteiger charge is -1.93. The predicted molar refractivity (Wildman–Crippen MR) is 40.8 cm³/mol. The molecule has 0 amide bonds. The SMILES string of the molecule is Cc1nc2[nH]ccc2cc1F. The van der Waals surface area contributed by atoms with Crippen molar-refractivity contribution in [3.63, 3.8) is 0 Å². The van der Waals surface area contributed by atoms with Gasteiger partial charge in [-0.2, -0.15) is 0 Å².